The van der Waals surface area contributed by atoms with Gasteiger partial charge in [-0.15, -0.1) is 0 Å². The molecule has 146 valence electrons. The molecule has 1 fully saturated rings. The lowest BCUT2D eigenvalue weighted by atomic mass is 10.1. The van der Waals surface area contributed by atoms with Crippen LogP contribution < -0.4 is 4.74 Å². The molecule has 0 aromatic heterocycles. The van der Waals surface area contributed by atoms with Gasteiger partial charge in [0.1, 0.15) is 5.82 Å². The standard InChI is InChI=1S/C19H14BrClFNO4S/c1-2-27-16-5-11(13(20)8-15(16)24)6-17-18(25)23(19(26)28-17)9-10-3-4-12(22)7-14(10)21/h3-8,24H,2,9H2,1H3/b17-6-. The third kappa shape index (κ3) is 4.34. The first-order valence-electron chi connectivity index (χ1n) is 8.14. The molecule has 0 unspecified atom stereocenters. The first-order valence-corrected chi connectivity index (χ1v) is 10.1. The van der Waals surface area contributed by atoms with Crippen molar-refractivity contribution in [2.75, 3.05) is 6.61 Å². The largest absolute Gasteiger partial charge is 0.504 e. The van der Waals surface area contributed by atoms with Crippen LogP contribution in [0.4, 0.5) is 9.18 Å². The van der Waals surface area contributed by atoms with Crippen LogP contribution in [0.3, 0.4) is 0 Å². The first kappa shape index (κ1) is 20.7. The minimum Gasteiger partial charge on any atom is -0.504 e. The van der Waals surface area contributed by atoms with Gasteiger partial charge in [0, 0.05) is 9.50 Å². The number of hydrogen-bond acceptors (Lipinski definition) is 5. The molecule has 2 amide bonds. The van der Waals surface area contributed by atoms with E-state index in [1.165, 1.54) is 18.2 Å². The molecule has 0 spiro atoms. The molecule has 0 bridgehead atoms. The van der Waals surface area contributed by atoms with Crippen LogP contribution >= 0.6 is 39.3 Å². The molecular formula is C19H14BrClFNO4S. The molecule has 3 rings (SSSR count). The molecule has 0 saturated carbocycles. The molecule has 28 heavy (non-hydrogen) atoms. The molecule has 1 saturated heterocycles. The van der Waals surface area contributed by atoms with Crippen molar-refractivity contribution in [2.45, 2.75) is 13.5 Å². The number of aromatic hydroxyl groups is 1. The van der Waals surface area contributed by atoms with E-state index >= 15 is 0 Å². The van der Waals surface area contributed by atoms with E-state index in [2.05, 4.69) is 15.9 Å². The summed E-state index contributed by atoms with van der Waals surface area (Å²) < 4.78 is 19.1. The smallest absolute Gasteiger partial charge is 0.293 e. The van der Waals surface area contributed by atoms with Crippen molar-refractivity contribution >= 4 is 56.5 Å². The van der Waals surface area contributed by atoms with Gasteiger partial charge >= 0.3 is 0 Å². The lowest BCUT2D eigenvalue weighted by Gasteiger charge is -2.13. The first-order chi connectivity index (χ1) is 13.3. The normalized spacial score (nSPS) is 15.6. The minimum atomic E-state index is -0.495. The number of ether oxygens (including phenoxy) is 1. The van der Waals surface area contributed by atoms with E-state index in [9.17, 15) is 19.1 Å². The third-order valence-electron chi connectivity index (χ3n) is 3.88. The average Bonchev–Trinajstić information content (AvgIpc) is 2.88. The topological polar surface area (TPSA) is 66.8 Å². The molecular weight excluding hydrogens is 473 g/mol. The monoisotopic (exact) mass is 485 g/mol. The average molecular weight is 487 g/mol. The number of imide groups is 1. The van der Waals surface area contributed by atoms with E-state index in [0.29, 0.717) is 22.2 Å². The number of halogens is 3. The highest BCUT2D eigenvalue weighted by Gasteiger charge is 2.35. The highest BCUT2D eigenvalue weighted by Crippen LogP contribution is 2.38. The number of benzene rings is 2. The van der Waals surface area contributed by atoms with Crippen molar-refractivity contribution in [2.24, 2.45) is 0 Å². The zero-order valence-electron chi connectivity index (χ0n) is 14.5. The summed E-state index contributed by atoms with van der Waals surface area (Å²) in [6.07, 6.45) is 1.54. The van der Waals surface area contributed by atoms with E-state index in [1.807, 2.05) is 0 Å². The zero-order chi connectivity index (χ0) is 20.4. The second kappa shape index (κ2) is 8.55. The predicted molar refractivity (Wildman–Crippen MR) is 110 cm³/mol. The van der Waals surface area contributed by atoms with Crippen LogP contribution in [0.1, 0.15) is 18.1 Å². The van der Waals surface area contributed by atoms with Crippen molar-refractivity contribution in [3.8, 4) is 11.5 Å². The summed E-state index contributed by atoms with van der Waals surface area (Å²) in [6, 6.07) is 6.83. The van der Waals surface area contributed by atoms with E-state index in [0.717, 1.165) is 22.7 Å². The Kier molecular flexibility index (Phi) is 6.32. The van der Waals surface area contributed by atoms with Gasteiger partial charge in [-0.2, -0.15) is 0 Å². The van der Waals surface area contributed by atoms with Crippen molar-refractivity contribution in [1.29, 1.82) is 0 Å². The second-order valence-corrected chi connectivity index (χ2v) is 8.03. The van der Waals surface area contributed by atoms with Gasteiger partial charge in [0.2, 0.25) is 0 Å². The lowest BCUT2D eigenvalue weighted by Crippen LogP contribution is -2.27. The Balaban J connectivity index is 1.88. The summed E-state index contributed by atoms with van der Waals surface area (Å²) in [5.74, 6) is -0.738. The number of phenols is 1. The third-order valence-corrected chi connectivity index (χ3v) is 5.83. The van der Waals surface area contributed by atoms with Gasteiger partial charge in [0.05, 0.1) is 18.1 Å². The van der Waals surface area contributed by atoms with Gasteiger partial charge in [0.15, 0.2) is 11.5 Å². The number of phenolic OH excluding ortho intramolecular Hbond substituents is 1. The molecule has 5 nitrogen and oxygen atoms in total. The van der Waals surface area contributed by atoms with Crippen LogP contribution in [0, 0.1) is 5.82 Å². The molecule has 1 heterocycles. The van der Waals surface area contributed by atoms with Gasteiger partial charge in [-0.3, -0.25) is 14.5 Å². The number of amides is 2. The molecule has 0 radical (unpaired) electrons. The van der Waals surface area contributed by atoms with Crippen molar-refractivity contribution in [1.82, 2.24) is 4.90 Å². The van der Waals surface area contributed by atoms with Crippen molar-refractivity contribution < 1.29 is 23.8 Å². The predicted octanol–water partition coefficient (Wildman–Crippen LogP) is 5.58. The summed E-state index contributed by atoms with van der Waals surface area (Å²) >= 11 is 10.1. The SMILES string of the molecule is CCOc1cc(/C=C2\SC(=O)N(Cc3ccc(F)cc3Cl)C2=O)c(Br)cc1O. The van der Waals surface area contributed by atoms with Crippen LogP contribution in [0.5, 0.6) is 11.5 Å². The number of rotatable bonds is 5. The zero-order valence-corrected chi connectivity index (χ0v) is 17.7. The summed E-state index contributed by atoms with van der Waals surface area (Å²) in [5, 5.41) is 9.60. The maximum absolute atomic E-state index is 13.2. The van der Waals surface area contributed by atoms with Crippen LogP contribution in [-0.4, -0.2) is 27.8 Å². The van der Waals surface area contributed by atoms with E-state index < -0.39 is 17.0 Å². The Morgan fingerprint density at radius 1 is 1.32 bits per heavy atom. The Morgan fingerprint density at radius 2 is 2.07 bits per heavy atom. The Morgan fingerprint density at radius 3 is 2.75 bits per heavy atom. The molecule has 1 aliphatic rings. The summed E-state index contributed by atoms with van der Waals surface area (Å²) in [4.78, 5) is 26.3. The molecule has 2 aromatic rings. The number of carbonyl (C=O) groups is 2. The van der Waals surface area contributed by atoms with Gasteiger partial charge < -0.3 is 9.84 Å². The lowest BCUT2D eigenvalue weighted by molar-refractivity contribution is -0.123. The van der Waals surface area contributed by atoms with Gasteiger partial charge in [-0.05, 0) is 60.2 Å². The van der Waals surface area contributed by atoms with E-state index in [1.54, 1.807) is 19.1 Å². The Hall–Kier alpha value is -2.03. The molecule has 9 heteroatoms. The Bertz CT molecular complexity index is 998. The van der Waals surface area contributed by atoms with Gasteiger partial charge in [-0.1, -0.05) is 33.6 Å². The highest BCUT2D eigenvalue weighted by molar-refractivity contribution is 9.10. The minimum absolute atomic E-state index is 0.0371. The summed E-state index contributed by atoms with van der Waals surface area (Å²) in [6.45, 7) is 2.10. The van der Waals surface area contributed by atoms with Gasteiger partial charge in [-0.25, -0.2) is 4.39 Å². The maximum atomic E-state index is 13.2. The fourth-order valence-corrected chi connectivity index (χ4v) is 4.04. The van der Waals surface area contributed by atoms with E-state index in [-0.39, 0.29) is 28.0 Å². The molecule has 0 atom stereocenters. The molecule has 2 aromatic carbocycles. The Labute approximate surface area is 178 Å². The molecule has 1 aliphatic heterocycles. The summed E-state index contributed by atoms with van der Waals surface area (Å²) in [5.41, 5.74) is 1.04. The van der Waals surface area contributed by atoms with Crippen LogP contribution in [-0.2, 0) is 11.3 Å². The second-order valence-electron chi connectivity index (χ2n) is 5.78. The number of hydrogen-bond donors (Lipinski definition) is 1. The van der Waals surface area contributed by atoms with Crippen molar-refractivity contribution in [3.63, 3.8) is 0 Å². The summed E-state index contributed by atoms with van der Waals surface area (Å²) in [7, 11) is 0. The quantitative estimate of drug-likeness (QED) is 0.559. The van der Waals surface area contributed by atoms with E-state index in [4.69, 9.17) is 16.3 Å². The molecule has 0 aliphatic carbocycles. The fraction of sp³-hybridized carbons (Fsp3) is 0.158. The van der Waals surface area contributed by atoms with Gasteiger partial charge in [0.25, 0.3) is 11.1 Å². The highest BCUT2D eigenvalue weighted by atomic mass is 79.9. The van der Waals surface area contributed by atoms with Crippen LogP contribution in [0.15, 0.2) is 39.7 Å². The van der Waals surface area contributed by atoms with Crippen molar-refractivity contribution in [3.05, 3.63) is 61.7 Å². The maximum Gasteiger partial charge on any atom is 0.293 e. The number of nitrogens with zero attached hydrogens (tertiary/aromatic N) is 1. The van der Waals surface area contributed by atoms with Crippen LogP contribution in [0.2, 0.25) is 5.02 Å². The number of thioether (sulfide) groups is 1. The molecule has 1 N–H and O–H groups in total. The van der Waals surface area contributed by atoms with Crippen LogP contribution in [0.25, 0.3) is 6.08 Å². The fourth-order valence-electron chi connectivity index (χ4n) is 2.54. The number of carbonyl (C=O) groups excluding carboxylic acids is 2.